The van der Waals surface area contributed by atoms with E-state index in [1.807, 2.05) is 17.6 Å². The van der Waals surface area contributed by atoms with Crippen molar-refractivity contribution in [2.45, 2.75) is 5.88 Å². The third-order valence-electron chi connectivity index (χ3n) is 3.50. The highest BCUT2D eigenvalue weighted by atomic mass is 79.9. The van der Waals surface area contributed by atoms with Crippen LogP contribution in [0.2, 0.25) is 0 Å². The van der Waals surface area contributed by atoms with Crippen LogP contribution in [-0.2, 0) is 5.88 Å². The molecule has 2 aromatic rings. The van der Waals surface area contributed by atoms with Gasteiger partial charge in [0.25, 0.3) is 0 Å². The Hall–Kier alpha value is -0.780. The van der Waals surface area contributed by atoms with E-state index in [2.05, 4.69) is 42.8 Å². The lowest BCUT2D eigenvalue weighted by Crippen LogP contribution is -2.46. The number of thiazole rings is 1. The highest BCUT2D eigenvalue weighted by molar-refractivity contribution is 9.10. The fourth-order valence-electron chi connectivity index (χ4n) is 2.46. The van der Waals surface area contributed by atoms with Crippen LogP contribution in [0.5, 0.6) is 0 Å². The Morgan fingerprint density at radius 3 is 2.60 bits per heavy atom. The summed E-state index contributed by atoms with van der Waals surface area (Å²) in [4.78, 5) is 9.14. The maximum Gasteiger partial charge on any atom is 0.185 e. The summed E-state index contributed by atoms with van der Waals surface area (Å²) in [6.45, 7) is 4.00. The van der Waals surface area contributed by atoms with Crippen molar-refractivity contribution >= 4 is 49.7 Å². The van der Waals surface area contributed by atoms with Crippen molar-refractivity contribution in [3.63, 3.8) is 0 Å². The molecule has 1 aliphatic rings. The molecule has 0 bridgehead atoms. The third kappa shape index (κ3) is 2.95. The first kappa shape index (κ1) is 14.2. The molecule has 3 rings (SSSR count). The number of halogens is 2. The second-order valence-electron chi connectivity index (χ2n) is 4.70. The monoisotopic (exact) mass is 371 g/mol. The zero-order chi connectivity index (χ0) is 13.9. The standard InChI is InChI=1S/C14H15BrClN3S/c15-12-2-1-11(10-16)13(9-12)18-4-6-19(7-5-18)14-17-3-8-20-14/h1-3,8-9H,4-7,10H2. The maximum absolute atomic E-state index is 6.05. The molecule has 2 heterocycles. The predicted molar refractivity (Wildman–Crippen MR) is 90.2 cm³/mol. The summed E-state index contributed by atoms with van der Waals surface area (Å²) in [6, 6.07) is 6.31. The number of anilines is 2. The van der Waals surface area contributed by atoms with Crippen LogP contribution >= 0.6 is 38.9 Å². The number of hydrogen-bond donors (Lipinski definition) is 0. The molecule has 0 amide bonds. The van der Waals surface area contributed by atoms with E-state index in [1.165, 1.54) is 11.3 Å². The molecular weight excluding hydrogens is 358 g/mol. The zero-order valence-corrected chi connectivity index (χ0v) is 14.1. The molecule has 20 heavy (non-hydrogen) atoms. The molecule has 1 fully saturated rings. The number of alkyl halides is 1. The molecule has 1 aromatic carbocycles. The van der Waals surface area contributed by atoms with E-state index in [4.69, 9.17) is 11.6 Å². The summed E-state index contributed by atoms with van der Waals surface area (Å²) >= 11 is 11.3. The van der Waals surface area contributed by atoms with Gasteiger partial charge in [0.1, 0.15) is 0 Å². The summed E-state index contributed by atoms with van der Waals surface area (Å²) in [5, 5.41) is 3.15. The largest absolute Gasteiger partial charge is 0.368 e. The minimum absolute atomic E-state index is 0.551. The molecule has 0 saturated carbocycles. The lowest BCUT2D eigenvalue weighted by molar-refractivity contribution is 0.650. The zero-order valence-electron chi connectivity index (χ0n) is 10.9. The van der Waals surface area contributed by atoms with Crippen molar-refractivity contribution in [3.05, 3.63) is 39.8 Å². The van der Waals surface area contributed by atoms with Gasteiger partial charge in [0.15, 0.2) is 5.13 Å². The van der Waals surface area contributed by atoms with E-state index >= 15 is 0 Å². The molecule has 1 aromatic heterocycles. The van der Waals surface area contributed by atoms with Gasteiger partial charge in [0, 0.05) is 53.8 Å². The van der Waals surface area contributed by atoms with Gasteiger partial charge in [-0.3, -0.25) is 0 Å². The Balaban J connectivity index is 1.73. The Labute approximate surface area is 136 Å². The normalized spacial score (nSPS) is 15.7. The van der Waals surface area contributed by atoms with E-state index in [9.17, 15) is 0 Å². The molecule has 0 aliphatic carbocycles. The van der Waals surface area contributed by atoms with Gasteiger partial charge in [-0.05, 0) is 17.7 Å². The average Bonchev–Trinajstić information content (AvgIpc) is 3.02. The molecule has 0 N–H and O–H groups in total. The van der Waals surface area contributed by atoms with Gasteiger partial charge in [0.05, 0.1) is 0 Å². The quantitative estimate of drug-likeness (QED) is 0.760. The molecule has 6 heteroatoms. The van der Waals surface area contributed by atoms with Gasteiger partial charge < -0.3 is 9.80 Å². The van der Waals surface area contributed by atoms with Crippen LogP contribution in [0.1, 0.15) is 5.56 Å². The highest BCUT2D eigenvalue weighted by Gasteiger charge is 2.20. The number of rotatable bonds is 3. The molecule has 0 unspecified atom stereocenters. The Bertz CT molecular complexity index is 568. The van der Waals surface area contributed by atoms with Crippen molar-refractivity contribution in [1.82, 2.24) is 4.98 Å². The minimum Gasteiger partial charge on any atom is -0.368 e. The topological polar surface area (TPSA) is 19.4 Å². The van der Waals surface area contributed by atoms with E-state index < -0.39 is 0 Å². The number of hydrogen-bond acceptors (Lipinski definition) is 4. The second-order valence-corrected chi connectivity index (χ2v) is 6.75. The molecule has 0 atom stereocenters. The average molecular weight is 373 g/mol. The third-order valence-corrected chi connectivity index (χ3v) is 5.11. The van der Waals surface area contributed by atoms with Crippen LogP contribution < -0.4 is 9.80 Å². The van der Waals surface area contributed by atoms with Gasteiger partial charge in [0.2, 0.25) is 0 Å². The van der Waals surface area contributed by atoms with Crippen molar-refractivity contribution < 1.29 is 0 Å². The van der Waals surface area contributed by atoms with Crippen LogP contribution in [0.4, 0.5) is 10.8 Å². The van der Waals surface area contributed by atoms with E-state index in [0.717, 1.165) is 35.8 Å². The molecule has 106 valence electrons. The first-order valence-electron chi connectivity index (χ1n) is 6.51. The summed E-state index contributed by atoms with van der Waals surface area (Å²) in [7, 11) is 0. The molecule has 0 radical (unpaired) electrons. The van der Waals surface area contributed by atoms with Gasteiger partial charge in [-0.25, -0.2) is 4.98 Å². The number of nitrogens with zero attached hydrogens (tertiary/aromatic N) is 3. The molecule has 0 spiro atoms. The van der Waals surface area contributed by atoms with E-state index in [-0.39, 0.29) is 0 Å². The van der Waals surface area contributed by atoms with Gasteiger partial charge in [-0.15, -0.1) is 22.9 Å². The van der Waals surface area contributed by atoms with Crippen LogP contribution in [-0.4, -0.2) is 31.2 Å². The van der Waals surface area contributed by atoms with Crippen molar-refractivity contribution in [2.24, 2.45) is 0 Å². The van der Waals surface area contributed by atoms with Gasteiger partial charge in [-0.2, -0.15) is 0 Å². The van der Waals surface area contributed by atoms with Gasteiger partial charge >= 0.3 is 0 Å². The van der Waals surface area contributed by atoms with E-state index in [0.29, 0.717) is 5.88 Å². The summed E-state index contributed by atoms with van der Waals surface area (Å²) < 4.78 is 1.10. The van der Waals surface area contributed by atoms with Crippen LogP contribution in [0.25, 0.3) is 0 Å². The van der Waals surface area contributed by atoms with Crippen LogP contribution in [0.15, 0.2) is 34.2 Å². The second kappa shape index (κ2) is 6.33. The number of piperazine rings is 1. The lowest BCUT2D eigenvalue weighted by atomic mass is 10.1. The number of benzene rings is 1. The SMILES string of the molecule is ClCc1ccc(Br)cc1N1CCN(c2nccs2)CC1. The Kier molecular flexibility index (Phi) is 4.48. The van der Waals surface area contributed by atoms with Crippen molar-refractivity contribution in [2.75, 3.05) is 36.0 Å². The van der Waals surface area contributed by atoms with E-state index in [1.54, 1.807) is 11.3 Å². The summed E-state index contributed by atoms with van der Waals surface area (Å²) in [6.07, 6.45) is 1.87. The predicted octanol–water partition coefficient (Wildman–Crippen LogP) is 3.97. The summed E-state index contributed by atoms with van der Waals surface area (Å²) in [5.74, 6) is 0.551. The van der Waals surface area contributed by atoms with Gasteiger partial charge in [-0.1, -0.05) is 22.0 Å². The van der Waals surface area contributed by atoms with Crippen molar-refractivity contribution in [3.8, 4) is 0 Å². The molecule has 1 saturated heterocycles. The fourth-order valence-corrected chi connectivity index (χ4v) is 3.73. The summed E-state index contributed by atoms with van der Waals surface area (Å²) in [5.41, 5.74) is 2.44. The number of aromatic nitrogens is 1. The van der Waals surface area contributed by atoms with Crippen molar-refractivity contribution in [1.29, 1.82) is 0 Å². The molecule has 1 aliphatic heterocycles. The highest BCUT2D eigenvalue weighted by Crippen LogP contribution is 2.28. The Morgan fingerprint density at radius 2 is 1.95 bits per heavy atom. The minimum atomic E-state index is 0.551. The Morgan fingerprint density at radius 1 is 1.20 bits per heavy atom. The first-order chi connectivity index (χ1) is 9.78. The smallest absolute Gasteiger partial charge is 0.185 e. The molecular formula is C14H15BrClN3S. The van der Waals surface area contributed by atoms with Crippen LogP contribution in [0, 0.1) is 0 Å². The fraction of sp³-hybridized carbons (Fsp3) is 0.357. The maximum atomic E-state index is 6.05. The van der Waals surface area contributed by atoms with Crippen LogP contribution in [0.3, 0.4) is 0 Å². The first-order valence-corrected chi connectivity index (χ1v) is 8.72. The lowest BCUT2D eigenvalue weighted by Gasteiger charge is -2.36. The molecule has 3 nitrogen and oxygen atoms in total.